The van der Waals surface area contributed by atoms with Crippen LogP contribution in [0.15, 0.2) is 28.8 Å². The minimum atomic E-state index is -0.578. The zero-order chi connectivity index (χ0) is 19.1. The van der Waals surface area contributed by atoms with E-state index < -0.39 is 11.8 Å². The van der Waals surface area contributed by atoms with Crippen molar-refractivity contribution in [2.24, 2.45) is 0 Å². The molecule has 1 aromatic carbocycles. The molecule has 1 fully saturated rings. The Labute approximate surface area is 164 Å². The number of rotatable bonds is 3. The van der Waals surface area contributed by atoms with Crippen molar-refractivity contribution in [1.29, 1.82) is 0 Å². The molecule has 9 heteroatoms. The summed E-state index contributed by atoms with van der Waals surface area (Å²) in [5.74, 6) is -0.751. The fraction of sp³-hybridized carbons (Fsp3) is 0.222. The third-order valence-electron chi connectivity index (χ3n) is 4.34. The molecule has 2 N–H and O–H groups in total. The first-order chi connectivity index (χ1) is 12.9. The highest BCUT2D eigenvalue weighted by Gasteiger charge is 2.28. The molecule has 2 aromatic heterocycles. The van der Waals surface area contributed by atoms with Gasteiger partial charge in [-0.3, -0.25) is 20.4 Å². The van der Waals surface area contributed by atoms with Gasteiger partial charge in [0, 0.05) is 16.6 Å². The van der Waals surface area contributed by atoms with Crippen LogP contribution in [-0.4, -0.2) is 22.0 Å². The number of nitrogens with zero attached hydrogens (tertiary/aromatic N) is 2. The van der Waals surface area contributed by atoms with Gasteiger partial charge in [-0.1, -0.05) is 28.4 Å². The van der Waals surface area contributed by atoms with Crippen molar-refractivity contribution in [2.45, 2.75) is 25.7 Å². The molecule has 4 rings (SSSR count). The average Bonchev–Trinajstić information content (AvgIpc) is 3.44. The monoisotopic (exact) mass is 404 g/mol. The fourth-order valence-electron chi connectivity index (χ4n) is 2.80. The molecule has 2 heterocycles. The van der Waals surface area contributed by atoms with Gasteiger partial charge < -0.3 is 4.52 Å². The molecular formula is C18H14Cl2N4O3. The molecule has 1 aliphatic carbocycles. The summed E-state index contributed by atoms with van der Waals surface area (Å²) in [6.45, 7) is 1.73. The van der Waals surface area contributed by atoms with Crippen LogP contribution in [0.2, 0.25) is 10.0 Å². The van der Waals surface area contributed by atoms with Gasteiger partial charge in [-0.05, 0) is 44.0 Å². The maximum absolute atomic E-state index is 12.7. The van der Waals surface area contributed by atoms with Crippen LogP contribution in [0.5, 0.6) is 0 Å². The highest BCUT2D eigenvalue weighted by molar-refractivity contribution is 6.35. The lowest BCUT2D eigenvalue weighted by molar-refractivity contribution is 0.0847. The second kappa shape index (κ2) is 6.83. The van der Waals surface area contributed by atoms with Gasteiger partial charge in [0.1, 0.15) is 0 Å². The van der Waals surface area contributed by atoms with E-state index in [9.17, 15) is 9.59 Å². The minimum absolute atomic E-state index is 0.157. The van der Waals surface area contributed by atoms with Crippen LogP contribution in [0.4, 0.5) is 0 Å². The van der Waals surface area contributed by atoms with Crippen LogP contribution in [0.25, 0.3) is 11.1 Å². The summed E-state index contributed by atoms with van der Waals surface area (Å²) in [6.07, 6.45) is 2.05. The number of hydrogen-bond donors (Lipinski definition) is 2. The molecule has 0 atom stereocenters. The van der Waals surface area contributed by atoms with Gasteiger partial charge in [0.25, 0.3) is 17.5 Å². The van der Waals surface area contributed by atoms with E-state index in [0.717, 1.165) is 18.5 Å². The summed E-state index contributed by atoms with van der Waals surface area (Å²) >= 11 is 11.9. The number of pyridine rings is 1. The summed E-state index contributed by atoms with van der Waals surface area (Å²) in [7, 11) is 0. The van der Waals surface area contributed by atoms with E-state index in [1.54, 1.807) is 19.1 Å². The maximum Gasteiger partial charge on any atom is 0.271 e. The van der Waals surface area contributed by atoms with E-state index in [4.69, 9.17) is 27.7 Å². The molecule has 0 bridgehead atoms. The average molecular weight is 405 g/mol. The number of aryl methyl sites for hydroxylation is 1. The Balaban J connectivity index is 1.59. The Kier molecular flexibility index (Phi) is 4.49. The number of carbonyl (C=O) groups excluding carboxylic acids is 2. The number of hydrogen-bond acceptors (Lipinski definition) is 5. The Morgan fingerprint density at radius 1 is 1.11 bits per heavy atom. The van der Waals surface area contributed by atoms with E-state index >= 15 is 0 Å². The molecule has 0 unspecified atom stereocenters. The summed E-state index contributed by atoms with van der Waals surface area (Å²) in [6, 6.07) is 6.22. The molecule has 0 spiro atoms. The van der Waals surface area contributed by atoms with Crippen LogP contribution < -0.4 is 10.9 Å². The van der Waals surface area contributed by atoms with Gasteiger partial charge in [0.2, 0.25) is 0 Å². The molecule has 3 aromatic rings. The highest BCUT2D eigenvalue weighted by atomic mass is 35.5. The molecule has 0 saturated heterocycles. The Hall–Kier alpha value is -2.64. The van der Waals surface area contributed by atoms with E-state index in [2.05, 4.69) is 21.0 Å². The molecule has 7 nitrogen and oxygen atoms in total. The SMILES string of the molecule is Cc1noc2nc(C3CC3)cc(C(=O)NNC(=O)c3cc(Cl)ccc3Cl)c12. The van der Waals surface area contributed by atoms with E-state index in [-0.39, 0.29) is 10.6 Å². The maximum atomic E-state index is 12.7. The van der Waals surface area contributed by atoms with Crippen molar-refractivity contribution in [2.75, 3.05) is 0 Å². The van der Waals surface area contributed by atoms with E-state index in [0.29, 0.717) is 33.3 Å². The topological polar surface area (TPSA) is 97.1 Å². The number of fused-ring (bicyclic) bond motifs is 1. The lowest BCUT2D eigenvalue weighted by atomic mass is 10.1. The van der Waals surface area contributed by atoms with Crippen LogP contribution in [0.3, 0.4) is 0 Å². The van der Waals surface area contributed by atoms with Crippen molar-refractivity contribution in [1.82, 2.24) is 21.0 Å². The predicted octanol–water partition coefficient (Wildman–Crippen LogP) is 3.79. The van der Waals surface area contributed by atoms with Gasteiger partial charge in [0.05, 0.1) is 27.2 Å². The number of halogens is 2. The van der Waals surface area contributed by atoms with Crippen LogP contribution >= 0.6 is 23.2 Å². The van der Waals surface area contributed by atoms with Gasteiger partial charge in [0.15, 0.2) is 0 Å². The lowest BCUT2D eigenvalue weighted by Gasteiger charge is -2.10. The second-order valence-electron chi connectivity index (χ2n) is 6.35. The quantitative estimate of drug-likeness (QED) is 0.647. The number of hydrazine groups is 1. The first-order valence-electron chi connectivity index (χ1n) is 8.26. The number of carbonyl (C=O) groups is 2. The number of nitrogens with one attached hydrogen (secondary N) is 2. The number of benzene rings is 1. The summed E-state index contributed by atoms with van der Waals surface area (Å²) in [5.41, 5.74) is 6.90. The first-order valence-corrected chi connectivity index (χ1v) is 9.02. The molecule has 138 valence electrons. The zero-order valence-corrected chi connectivity index (χ0v) is 15.7. The molecule has 27 heavy (non-hydrogen) atoms. The Bertz CT molecular complexity index is 1080. The standard InChI is InChI=1S/C18H14Cl2N4O3/c1-8-15-12(7-14(9-2-3-9)21-18(15)27-24-8)17(26)23-22-16(25)11-6-10(19)4-5-13(11)20/h4-7,9H,2-3H2,1H3,(H,22,25)(H,23,26). The normalized spacial score (nSPS) is 13.6. The fourth-order valence-corrected chi connectivity index (χ4v) is 3.18. The van der Waals surface area contributed by atoms with Gasteiger partial charge >= 0.3 is 0 Å². The van der Waals surface area contributed by atoms with Crippen molar-refractivity contribution in [3.8, 4) is 0 Å². The van der Waals surface area contributed by atoms with Crippen LogP contribution in [0, 0.1) is 6.92 Å². The largest absolute Gasteiger partial charge is 0.336 e. The third-order valence-corrected chi connectivity index (χ3v) is 4.90. The van der Waals surface area contributed by atoms with Gasteiger partial charge in [-0.2, -0.15) is 0 Å². The molecule has 2 amide bonds. The smallest absolute Gasteiger partial charge is 0.271 e. The van der Waals surface area contributed by atoms with Crippen LogP contribution in [0.1, 0.15) is 50.9 Å². The van der Waals surface area contributed by atoms with Crippen LogP contribution in [-0.2, 0) is 0 Å². The van der Waals surface area contributed by atoms with E-state index in [1.165, 1.54) is 12.1 Å². The van der Waals surface area contributed by atoms with Crippen molar-refractivity contribution in [3.05, 3.63) is 56.8 Å². The van der Waals surface area contributed by atoms with Gasteiger partial charge in [-0.15, -0.1) is 0 Å². The summed E-state index contributed by atoms with van der Waals surface area (Å²) in [5, 5.41) is 4.99. The highest BCUT2D eigenvalue weighted by Crippen LogP contribution is 2.40. The first kappa shape index (κ1) is 17.8. The van der Waals surface area contributed by atoms with Gasteiger partial charge in [-0.25, -0.2) is 4.98 Å². The Morgan fingerprint density at radius 2 is 1.81 bits per heavy atom. The van der Waals surface area contributed by atoms with Crippen molar-refractivity contribution in [3.63, 3.8) is 0 Å². The summed E-state index contributed by atoms with van der Waals surface area (Å²) in [4.78, 5) is 29.5. The van der Waals surface area contributed by atoms with Crippen molar-refractivity contribution >= 4 is 46.1 Å². The lowest BCUT2D eigenvalue weighted by Crippen LogP contribution is -2.41. The third kappa shape index (κ3) is 3.48. The summed E-state index contributed by atoms with van der Waals surface area (Å²) < 4.78 is 5.22. The zero-order valence-electron chi connectivity index (χ0n) is 14.2. The Morgan fingerprint density at radius 3 is 2.52 bits per heavy atom. The molecule has 1 aliphatic rings. The molecule has 0 aliphatic heterocycles. The van der Waals surface area contributed by atoms with Crippen molar-refractivity contribution < 1.29 is 14.1 Å². The number of aromatic nitrogens is 2. The molecule has 1 saturated carbocycles. The number of amides is 2. The molecule has 0 radical (unpaired) electrons. The second-order valence-corrected chi connectivity index (χ2v) is 7.19. The molecular weight excluding hydrogens is 391 g/mol. The minimum Gasteiger partial charge on any atom is -0.336 e. The predicted molar refractivity (Wildman–Crippen MR) is 99.9 cm³/mol. The van der Waals surface area contributed by atoms with E-state index in [1.807, 2.05) is 0 Å².